The average Bonchev–Trinajstić information content (AvgIpc) is 3.12. The molecule has 0 aliphatic carbocycles. The molecule has 1 saturated heterocycles. The largest absolute Gasteiger partial charge is 0.299 e. The van der Waals surface area contributed by atoms with Gasteiger partial charge in [0.1, 0.15) is 0 Å². The van der Waals surface area contributed by atoms with Crippen molar-refractivity contribution in [1.29, 1.82) is 0 Å². The molecular weight excluding hydrogens is 511 g/mol. The van der Waals surface area contributed by atoms with Crippen molar-refractivity contribution < 1.29 is 4.79 Å². The van der Waals surface area contributed by atoms with Crippen LogP contribution in [0.15, 0.2) is 78.9 Å². The second-order valence-corrected chi connectivity index (χ2v) is 10.8. The van der Waals surface area contributed by atoms with Crippen LogP contribution >= 0.6 is 24.8 Å². The van der Waals surface area contributed by atoms with Gasteiger partial charge in [-0.05, 0) is 92.4 Å². The highest BCUT2D eigenvalue weighted by Gasteiger charge is 2.20. The molecule has 2 aliphatic heterocycles. The van der Waals surface area contributed by atoms with E-state index in [9.17, 15) is 4.79 Å². The number of aryl methyl sites for hydroxylation is 1. The normalized spacial score (nSPS) is 16.5. The van der Waals surface area contributed by atoms with E-state index in [4.69, 9.17) is 0 Å². The molecule has 2 aliphatic rings. The highest BCUT2D eigenvalue weighted by molar-refractivity contribution is 5.96. The van der Waals surface area contributed by atoms with Gasteiger partial charge in [0.2, 0.25) is 0 Å². The molecule has 5 heteroatoms. The predicted molar refractivity (Wildman–Crippen MR) is 162 cm³/mol. The summed E-state index contributed by atoms with van der Waals surface area (Å²) >= 11 is 0. The number of hydrogen-bond acceptors (Lipinski definition) is 3. The van der Waals surface area contributed by atoms with E-state index in [1.54, 1.807) is 0 Å². The van der Waals surface area contributed by atoms with Gasteiger partial charge in [0.05, 0.1) is 0 Å². The van der Waals surface area contributed by atoms with Crippen molar-refractivity contribution in [3.05, 3.63) is 107 Å². The number of halogens is 2. The summed E-state index contributed by atoms with van der Waals surface area (Å²) in [4.78, 5) is 18.2. The van der Waals surface area contributed by atoms with Crippen molar-refractivity contribution in [3.63, 3.8) is 0 Å². The minimum Gasteiger partial charge on any atom is -0.299 e. The molecule has 0 bridgehead atoms. The van der Waals surface area contributed by atoms with E-state index in [1.807, 2.05) is 0 Å². The van der Waals surface area contributed by atoms with Crippen molar-refractivity contribution in [2.24, 2.45) is 5.92 Å². The molecule has 204 valence electrons. The molecule has 0 unspecified atom stereocenters. The highest BCUT2D eigenvalue weighted by atomic mass is 35.5. The molecule has 38 heavy (non-hydrogen) atoms. The van der Waals surface area contributed by atoms with Crippen molar-refractivity contribution in [3.8, 4) is 0 Å². The average molecular weight is 554 g/mol. The van der Waals surface area contributed by atoms with Crippen LogP contribution in [0.5, 0.6) is 0 Å². The predicted octanol–water partition coefficient (Wildman–Crippen LogP) is 7.74. The van der Waals surface area contributed by atoms with Gasteiger partial charge in [0, 0.05) is 31.6 Å². The topological polar surface area (TPSA) is 23.6 Å². The first-order chi connectivity index (χ1) is 17.7. The standard InChI is InChI=1S/C33H40N2O.2ClH/c36-33(15-7-13-27-18-21-34(22-19-27)24-28-9-3-1-4-10-28)31-17-16-30-14-8-20-35(26-32(30)23-31)25-29-11-5-2-6-12-29;;/h1-6,9-12,16-17,23,27H,7-8,13-15,18-22,24-26H2;2*1H. The van der Waals surface area contributed by atoms with E-state index in [1.165, 1.54) is 61.0 Å². The number of likely N-dealkylation sites (tertiary alicyclic amines) is 1. The van der Waals surface area contributed by atoms with Crippen LogP contribution in [0.2, 0.25) is 0 Å². The lowest BCUT2D eigenvalue weighted by Crippen LogP contribution is -2.33. The zero-order chi connectivity index (χ0) is 24.6. The number of carbonyl (C=O) groups is 1. The number of nitrogens with zero attached hydrogens (tertiary/aromatic N) is 2. The fraction of sp³-hybridized carbons (Fsp3) is 0.424. The summed E-state index contributed by atoms with van der Waals surface area (Å²) in [5, 5.41) is 0. The van der Waals surface area contributed by atoms with Gasteiger partial charge in [0.15, 0.2) is 5.78 Å². The van der Waals surface area contributed by atoms with Crippen LogP contribution in [-0.4, -0.2) is 35.2 Å². The lowest BCUT2D eigenvalue weighted by atomic mass is 9.90. The molecule has 1 fully saturated rings. The van der Waals surface area contributed by atoms with Gasteiger partial charge in [0.25, 0.3) is 0 Å². The van der Waals surface area contributed by atoms with Gasteiger partial charge in [-0.1, -0.05) is 72.8 Å². The van der Waals surface area contributed by atoms with E-state index < -0.39 is 0 Å². The minimum atomic E-state index is 0. The van der Waals surface area contributed by atoms with Crippen molar-refractivity contribution in [2.45, 2.75) is 64.6 Å². The van der Waals surface area contributed by atoms with Gasteiger partial charge in [-0.15, -0.1) is 24.8 Å². The highest BCUT2D eigenvalue weighted by Crippen LogP contribution is 2.26. The molecule has 2 heterocycles. The number of carbonyl (C=O) groups excluding carboxylic acids is 1. The van der Waals surface area contributed by atoms with E-state index >= 15 is 0 Å². The van der Waals surface area contributed by atoms with Crippen LogP contribution in [0.3, 0.4) is 0 Å². The molecule has 3 aromatic rings. The third-order valence-electron chi connectivity index (χ3n) is 8.06. The first-order valence-corrected chi connectivity index (χ1v) is 13.9. The van der Waals surface area contributed by atoms with Gasteiger partial charge in [-0.2, -0.15) is 0 Å². The Morgan fingerprint density at radius 3 is 2.03 bits per heavy atom. The number of fused-ring (bicyclic) bond motifs is 1. The van der Waals surface area contributed by atoms with E-state index in [0.29, 0.717) is 12.2 Å². The number of hydrogen-bond donors (Lipinski definition) is 0. The molecule has 3 aromatic carbocycles. The maximum Gasteiger partial charge on any atom is 0.162 e. The van der Waals surface area contributed by atoms with E-state index in [0.717, 1.165) is 50.5 Å². The summed E-state index contributed by atoms with van der Waals surface area (Å²) < 4.78 is 0. The van der Waals surface area contributed by atoms with Gasteiger partial charge in [-0.25, -0.2) is 0 Å². The summed E-state index contributed by atoms with van der Waals surface area (Å²) in [6.45, 7) is 6.44. The molecule has 0 saturated carbocycles. The molecule has 5 rings (SSSR count). The first kappa shape index (κ1) is 30.4. The Morgan fingerprint density at radius 1 is 0.737 bits per heavy atom. The van der Waals surface area contributed by atoms with Gasteiger partial charge < -0.3 is 0 Å². The lowest BCUT2D eigenvalue weighted by Gasteiger charge is -2.32. The second-order valence-electron chi connectivity index (χ2n) is 10.8. The fourth-order valence-corrected chi connectivity index (χ4v) is 5.95. The summed E-state index contributed by atoms with van der Waals surface area (Å²) in [6.07, 6.45) is 7.68. The molecule has 0 amide bonds. The molecule has 0 radical (unpaired) electrons. The molecule has 0 spiro atoms. The second kappa shape index (κ2) is 15.4. The minimum absolute atomic E-state index is 0. The molecular formula is C33H42Cl2N2O. The van der Waals surface area contributed by atoms with Crippen LogP contribution in [0.4, 0.5) is 0 Å². The van der Waals surface area contributed by atoms with Crippen LogP contribution < -0.4 is 0 Å². The third-order valence-corrected chi connectivity index (χ3v) is 8.06. The Balaban J connectivity index is 0.00000200. The van der Waals surface area contributed by atoms with Crippen LogP contribution in [0.25, 0.3) is 0 Å². The molecule has 3 nitrogen and oxygen atoms in total. The maximum absolute atomic E-state index is 13.1. The number of rotatable bonds is 9. The number of ketones is 1. The van der Waals surface area contributed by atoms with Crippen LogP contribution in [0.1, 0.15) is 71.1 Å². The van der Waals surface area contributed by atoms with Crippen molar-refractivity contribution in [1.82, 2.24) is 9.80 Å². The number of piperidine rings is 1. The Kier molecular flexibility index (Phi) is 12.3. The smallest absolute Gasteiger partial charge is 0.162 e. The third kappa shape index (κ3) is 8.68. The summed E-state index contributed by atoms with van der Waals surface area (Å²) in [5.41, 5.74) is 6.45. The summed E-state index contributed by atoms with van der Waals surface area (Å²) in [7, 11) is 0. The van der Waals surface area contributed by atoms with Crippen molar-refractivity contribution in [2.75, 3.05) is 19.6 Å². The molecule has 0 N–H and O–H groups in total. The Morgan fingerprint density at radius 2 is 1.37 bits per heavy atom. The fourth-order valence-electron chi connectivity index (χ4n) is 5.95. The zero-order valence-corrected chi connectivity index (χ0v) is 24.0. The summed E-state index contributed by atoms with van der Waals surface area (Å²) in [5.74, 6) is 1.08. The van der Waals surface area contributed by atoms with Gasteiger partial charge in [-0.3, -0.25) is 14.6 Å². The first-order valence-electron chi connectivity index (χ1n) is 13.9. The Labute approximate surface area is 241 Å². The number of benzene rings is 3. The van der Waals surface area contributed by atoms with E-state index in [-0.39, 0.29) is 24.8 Å². The van der Waals surface area contributed by atoms with E-state index in [2.05, 4.69) is 88.7 Å². The van der Waals surface area contributed by atoms with Crippen LogP contribution in [-0.2, 0) is 26.1 Å². The molecule has 0 atom stereocenters. The monoisotopic (exact) mass is 552 g/mol. The Bertz CT molecular complexity index is 1110. The zero-order valence-electron chi connectivity index (χ0n) is 22.4. The van der Waals surface area contributed by atoms with Gasteiger partial charge >= 0.3 is 0 Å². The quantitative estimate of drug-likeness (QED) is 0.253. The van der Waals surface area contributed by atoms with Crippen LogP contribution in [0, 0.1) is 5.92 Å². The SMILES string of the molecule is Cl.Cl.O=C(CCCC1CCN(Cc2ccccc2)CC1)c1ccc2c(c1)CN(Cc1ccccc1)CCC2. The maximum atomic E-state index is 13.1. The lowest BCUT2D eigenvalue weighted by molar-refractivity contribution is 0.0974. The molecule has 0 aromatic heterocycles. The number of Topliss-reactive ketones (excluding diaryl/α,β-unsaturated/α-hetero) is 1. The van der Waals surface area contributed by atoms with Crippen molar-refractivity contribution >= 4 is 30.6 Å². The summed E-state index contributed by atoms with van der Waals surface area (Å²) in [6, 6.07) is 28.0. The Hall–Kier alpha value is -2.17.